The minimum atomic E-state index is -3.32. The molecular weight excluding hydrogens is 268 g/mol. The molecule has 3 nitrogen and oxygen atoms in total. The van der Waals surface area contributed by atoms with Crippen LogP contribution >= 0.6 is 15.9 Å². The topological polar surface area (TPSA) is 43.4 Å². The number of hydrogen-bond acceptors (Lipinski definition) is 3. The van der Waals surface area contributed by atoms with Crippen LogP contribution in [0.15, 0.2) is 28.7 Å². The Hall–Kier alpha value is -0.390. The van der Waals surface area contributed by atoms with Crippen molar-refractivity contribution in [2.24, 2.45) is 0 Å². The summed E-state index contributed by atoms with van der Waals surface area (Å²) in [7, 11) is -3.32. The molecule has 0 aliphatic heterocycles. The number of rotatable bonds is 4. The van der Waals surface area contributed by atoms with Gasteiger partial charge >= 0.3 is 0 Å². The summed E-state index contributed by atoms with van der Waals surface area (Å²) in [6.45, 7) is 0.190. The van der Waals surface area contributed by atoms with Crippen molar-refractivity contribution in [3.63, 3.8) is 0 Å². The lowest BCUT2D eigenvalue weighted by molar-refractivity contribution is 0.326. The summed E-state index contributed by atoms with van der Waals surface area (Å²) in [6, 6.07) is 7.68. The lowest BCUT2D eigenvalue weighted by atomic mass is 10.2. The molecule has 1 aromatic rings. The highest BCUT2D eigenvalue weighted by Crippen LogP contribution is 2.12. The average Bonchev–Trinajstić information content (AvgIpc) is 2.01. The minimum absolute atomic E-state index is 0.190. The molecule has 0 saturated carbocycles. The zero-order chi connectivity index (χ0) is 10.6. The van der Waals surface area contributed by atoms with Gasteiger partial charge in [0.1, 0.15) is 0 Å². The predicted molar refractivity (Wildman–Crippen MR) is 58.6 cm³/mol. The highest BCUT2D eigenvalue weighted by molar-refractivity contribution is 9.10. The van der Waals surface area contributed by atoms with Crippen LogP contribution in [0.2, 0.25) is 0 Å². The van der Waals surface area contributed by atoms with Gasteiger partial charge in [0.25, 0.3) is 10.1 Å². The third-order valence-corrected chi connectivity index (χ3v) is 2.67. The number of benzene rings is 1. The van der Waals surface area contributed by atoms with E-state index in [1.807, 2.05) is 24.3 Å². The van der Waals surface area contributed by atoms with Crippen molar-refractivity contribution in [3.8, 4) is 0 Å². The van der Waals surface area contributed by atoms with E-state index < -0.39 is 10.1 Å². The molecule has 0 aliphatic rings. The minimum Gasteiger partial charge on any atom is -0.270 e. The highest BCUT2D eigenvalue weighted by atomic mass is 79.9. The standard InChI is InChI=1S/C9H11BrO3S/c1-14(11,12)13-6-5-8-3-2-4-9(10)7-8/h2-4,7H,5-6H2,1H3. The lowest BCUT2D eigenvalue weighted by Gasteiger charge is -2.01. The molecule has 0 N–H and O–H groups in total. The maximum atomic E-state index is 10.7. The van der Waals surface area contributed by atoms with E-state index in [0.29, 0.717) is 6.42 Å². The summed E-state index contributed by atoms with van der Waals surface area (Å²) in [4.78, 5) is 0. The Morgan fingerprint density at radius 1 is 1.43 bits per heavy atom. The van der Waals surface area contributed by atoms with Crippen LogP contribution in [-0.4, -0.2) is 21.3 Å². The predicted octanol–water partition coefficient (Wildman–Crippen LogP) is 1.97. The van der Waals surface area contributed by atoms with Crippen molar-refractivity contribution in [2.45, 2.75) is 6.42 Å². The normalized spacial score (nSPS) is 11.6. The molecule has 0 heterocycles. The Balaban J connectivity index is 2.47. The fraction of sp³-hybridized carbons (Fsp3) is 0.333. The Kier molecular flexibility index (Phi) is 4.10. The summed E-state index contributed by atoms with van der Waals surface area (Å²) < 4.78 is 26.9. The van der Waals surface area contributed by atoms with Crippen molar-refractivity contribution in [1.82, 2.24) is 0 Å². The van der Waals surface area contributed by atoms with E-state index in [-0.39, 0.29) is 6.61 Å². The van der Waals surface area contributed by atoms with Gasteiger partial charge in [0, 0.05) is 4.47 Å². The summed E-state index contributed by atoms with van der Waals surface area (Å²) in [5.41, 5.74) is 1.04. The van der Waals surface area contributed by atoms with Crippen molar-refractivity contribution >= 4 is 26.0 Å². The maximum Gasteiger partial charge on any atom is 0.264 e. The molecule has 0 bridgehead atoms. The second-order valence-electron chi connectivity index (χ2n) is 2.91. The van der Waals surface area contributed by atoms with Crippen LogP contribution in [0, 0.1) is 0 Å². The van der Waals surface area contributed by atoms with E-state index in [2.05, 4.69) is 20.1 Å². The van der Waals surface area contributed by atoms with Crippen LogP contribution in [0.25, 0.3) is 0 Å². The molecule has 0 fully saturated rings. The summed E-state index contributed by atoms with van der Waals surface area (Å²) >= 11 is 3.33. The van der Waals surface area contributed by atoms with Gasteiger partial charge in [0.2, 0.25) is 0 Å². The third-order valence-electron chi connectivity index (χ3n) is 1.58. The first-order valence-corrected chi connectivity index (χ1v) is 6.67. The molecule has 0 saturated heterocycles. The SMILES string of the molecule is CS(=O)(=O)OCCc1cccc(Br)c1. The van der Waals surface area contributed by atoms with E-state index in [1.165, 1.54) is 0 Å². The quantitative estimate of drug-likeness (QED) is 0.791. The first-order valence-electron chi connectivity index (χ1n) is 4.06. The number of halogens is 1. The van der Waals surface area contributed by atoms with Gasteiger partial charge in [0.15, 0.2) is 0 Å². The van der Waals surface area contributed by atoms with Crippen molar-refractivity contribution in [1.29, 1.82) is 0 Å². The van der Waals surface area contributed by atoms with Gasteiger partial charge in [-0.15, -0.1) is 0 Å². The van der Waals surface area contributed by atoms with E-state index in [9.17, 15) is 8.42 Å². The molecule has 0 amide bonds. The highest BCUT2D eigenvalue weighted by Gasteiger charge is 2.01. The van der Waals surface area contributed by atoms with Crippen LogP contribution < -0.4 is 0 Å². The van der Waals surface area contributed by atoms with Crippen LogP contribution in [-0.2, 0) is 20.7 Å². The van der Waals surface area contributed by atoms with E-state index in [1.54, 1.807) is 0 Å². The molecule has 14 heavy (non-hydrogen) atoms. The largest absolute Gasteiger partial charge is 0.270 e. The Bertz CT molecular complexity index is 400. The van der Waals surface area contributed by atoms with Crippen LogP contribution in [0.4, 0.5) is 0 Å². The van der Waals surface area contributed by atoms with Gasteiger partial charge in [0.05, 0.1) is 12.9 Å². The Morgan fingerprint density at radius 2 is 2.14 bits per heavy atom. The van der Waals surface area contributed by atoms with Gasteiger partial charge in [-0.25, -0.2) is 0 Å². The zero-order valence-electron chi connectivity index (χ0n) is 7.73. The average molecular weight is 279 g/mol. The summed E-state index contributed by atoms with van der Waals surface area (Å²) in [5.74, 6) is 0. The fourth-order valence-electron chi connectivity index (χ4n) is 1.00. The molecular formula is C9H11BrO3S. The summed E-state index contributed by atoms with van der Waals surface area (Å²) in [6.07, 6.45) is 1.64. The monoisotopic (exact) mass is 278 g/mol. The van der Waals surface area contributed by atoms with Gasteiger partial charge in [-0.2, -0.15) is 8.42 Å². The fourth-order valence-corrected chi connectivity index (χ4v) is 1.84. The molecule has 0 radical (unpaired) electrons. The molecule has 0 spiro atoms. The molecule has 5 heteroatoms. The molecule has 0 aromatic heterocycles. The van der Waals surface area contributed by atoms with E-state index in [4.69, 9.17) is 0 Å². The van der Waals surface area contributed by atoms with Crippen molar-refractivity contribution < 1.29 is 12.6 Å². The molecule has 0 unspecified atom stereocenters. The summed E-state index contributed by atoms with van der Waals surface area (Å²) in [5, 5.41) is 0. The molecule has 0 atom stereocenters. The zero-order valence-corrected chi connectivity index (χ0v) is 10.1. The second kappa shape index (κ2) is 4.91. The van der Waals surface area contributed by atoms with Crippen LogP contribution in [0.1, 0.15) is 5.56 Å². The first kappa shape index (κ1) is 11.7. The maximum absolute atomic E-state index is 10.7. The van der Waals surface area contributed by atoms with E-state index in [0.717, 1.165) is 16.3 Å². The molecule has 78 valence electrons. The van der Waals surface area contributed by atoms with Crippen molar-refractivity contribution in [3.05, 3.63) is 34.3 Å². The Morgan fingerprint density at radius 3 is 2.71 bits per heavy atom. The van der Waals surface area contributed by atoms with Gasteiger partial charge in [-0.05, 0) is 24.1 Å². The molecule has 1 rings (SSSR count). The van der Waals surface area contributed by atoms with Gasteiger partial charge in [-0.3, -0.25) is 4.18 Å². The van der Waals surface area contributed by atoms with Crippen molar-refractivity contribution in [2.75, 3.05) is 12.9 Å². The van der Waals surface area contributed by atoms with Gasteiger partial charge < -0.3 is 0 Å². The van der Waals surface area contributed by atoms with Crippen LogP contribution in [0.3, 0.4) is 0 Å². The number of hydrogen-bond donors (Lipinski definition) is 0. The third kappa shape index (κ3) is 4.74. The lowest BCUT2D eigenvalue weighted by Crippen LogP contribution is -2.06. The Labute approximate surface area is 92.3 Å². The second-order valence-corrected chi connectivity index (χ2v) is 5.47. The van der Waals surface area contributed by atoms with Gasteiger partial charge in [-0.1, -0.05) is 28.1 Å². The molecule has 1 aromatic carbocycles. The smallest absolute Gasteiger partial charge is 0.264 e. The van der Waals surface area contributed by atoms with Crippen LogP contribution in [0.5, 0.6) is 0 Å². The first-order chi connectivity index (χ1) is 6.47. The van der Waals surface area contributed by atoms with E-state index >= 15 is 0 Å². The molecule has 0 aliphatic carbocycles.